The fourth-order valence-corrected chi connectivity index (χ4v) is 6.81. The Labute approximate surface area is 175 Å². The van der Waals surface area contributed by atoms with E-state index in [0.717, 1.165) is 51.2 Å². The lowest BCUT2D eigenvalue weighted by molar-refractivity contribution is -0.117. The van der Waals surface area contributed by atoms with Crippen molar-refractivity contribution in [2.45, 2.75) is 37.6 Å². The minimum Gasteiger partial charge on any atom is -0.492 e. The second kappa shape index (κ2) is 6.74. The van der Waals surface area contributed by atoms with E-state index in [9.17, 15) is 4.79 Å². The molecule has 6 heteroatoms. The molecule has 0 unspecified atom stereocenters. The zero-order valence-corrected chi connectivity index (χ0v) is 17.7. The van der Waals surface area contributed by atoms with Crippen molar-refractivity contribution in [2.75, 3.05) is 49.6 Å². The van der Waals surface area contributed by atoms with Crippen LogP contribution >= 0.6 is 11.3 Å². The maximum atomic E-state index is 12.5. The Morgan fingerprint density at radius 2 is 2.24 bits per heavy atom. The number of benzene rings is 1. The van der Waals surface area contributed by atoms with Crippen molar-refractivity contribution in [1.82, 2.24) is 4.90 Å². The number of para-hydroxylation sites is 1. The van der Waals surface area contributed by atoms with Crippen LogP contribution in [0.3, 0.4) is 0 Å². The summed E-state index contributed by atoms with van der Waals surface area (Å²) in [6, 6.07) is 6.99. The fourth-order valence-electron chi connectivity index (χ4n) is 5.74. The number of piperidine rings is 1. The molecule has 1 aromatic heterocycles. The summed E-state index contributed by atoms with van der Waals surface area (Å²) >= 11 is 1.87. The van der Waals surface area contributed by atoms with Gasteiger partial charge >= 0.3 is 0 Å². The maximum Gasteiger partial charge on any atom is 0.246 e. The van der Waals surface area contributed by atoms with Gasteiger partial charge in [-0.1, -0.05) is 12.1 Å². The van der Waals surface area contributed by atoms with Crippen molar-refractivity contribution in [3.8, 4) is 5.75 Å². The molecule has 1 aromatic carbocycles. The summed E-state index contributed by atoms with van der Waals surface area (Å²) in [5, 5.41) is 2.28. The number of amides is 1. The van der Waals surface area contributed by atoms with Gasteiger partial charge in [-0.3, -0.25) is 4.79 Å². The van der Waals surface area contributed by atoms with Gasteiger partial charge in [0.15, 0.2) is 0 Å². The van der Waals surface area contributed by atoms with Crippen LogP contribution < -0.4 is 14.5 Å². The first kappa shape index (κ1) is 17.8. The van der Waals surface area contributed by atoms with E-state index in [-0.39, 0.29) is 5.91 Å². The van der Waals surface area contributed by atoms with E-state index in [4.69, 9.17) is 4.74 Å². The molecule has 4 aliphatic rings. The molecule has 0 radical (unpaired) electrons. The van der Waals surface area contributed by atoms with Crippen LogP contribution in [0.15, 0.2) is 23.6 Å². The van der Waals surface area contributed by atoms with Gasteiger partial charge in [0, 0.05) is 49.0 Å². The molecular weight excluding hydrogens is 382 g/mol. The lowest BCUT2D eigenvalue weighted by Crippen LogP contribution is -2.51. The summed E-state index contributed by atoms with van der Waals surface area (Å²) < 4.78 is 5.83. The molecule has 152 valence electrons. The number of anilines is 2. The highest BCUT2D eigenvalue weighted by Crippen LogP contribution is 2.50. The van der Waals surface area contributed by atoms with E-state index in [2.05, 4.69) is 33.4 Å². The summed E-state index contributed by atoms with van der Waals surface area (Å²) in [7, 11) is 1.91. The predicted octanol–water partition coefficient (Wildman–Crippen LogP) is 3.27. The average Bonchev–Trinajstić information content (AvgIpc) is 3.42. The van der Waals surface area contributed by atoms with E-state index in [1.807, 2.05) is 23.3 Å². The molecule has 0 spiro atoms. The number of rotatable bonds is 4. The molecule has 0 aliphatic carbocycles. The SMILES string of the molecule is CN1C(=O)CN2c3c(cccc31)[C@@H]1CN(CCCc3scc4c3OCC4)CC[C@@H]12. The third kappa shape index (κ3) is 2.72. The summed E-state index contributed by atoms with van der Waals surface area (Å²) in [5.74, 6) is 1.92. The Morgan fingerprint density at radius 3 is 3.17 bits per heavy atom. The van der Waals surface area contributed by atoms with Gasteiger partial charge in [0.1, 0.15) is 5.75 Å². The Morgan fingerprint density at radius 1 is 1.31 bits per heavy atom. The third-order valence-corrected chi connectivity index (χ3v) is 8.30. The van der Waals surface area contributed by atoms with Crippen molar-refractivity contribution in [3.05, 3.63) is 39.6 Å². The summed E-state index contributed by atoms with van der Waals surface area (Å²) in [6.45, 7) is 4.77. The molecule has 5 heterocycles. The normalized spacial score (nSPS) is 25.1. The Balaban J connectivity index is 1.15. The number of fused-ring (bicyclic) bond motifs is 4. The second-order valence-electron chi connectivity index (χ2n) is 8.77. The van der Waals surface area contributed by atoms with Gasteiger partial charge in [0.05, 0.1) is 24.5 Å². The van der Waals surface area contributed by atoms with Crippen molar-refractivity contribution in [1.29, 1.82) is 0 Å². The number of carbonyl (C=O) groups is 1. The number of nitrogens with zero attached hydrogens (tertiary/aromatic N) is 3. The predicted molar refractivity (Wildman–Crippen MR) is 117 cm³/mol. The minimum absolute atomic E-state index is 0.212. The number of hydrogen-bond acceptors (Lipinski definition) is 5. The van der Waals surface area contributed by atoms with Crippen molar-refractivity contribution in [2.24, 2.45) is 0 Å². The largest absolute Gasteiger partial charge is 0.492 e. The number of thiophene rings is 1. The molecule has 0 bridgehead atoms. The smallest absolute Gasteiger partial charge is 0.246 e. The lowest BCUT2D eigenvalue weighted by atomic mass is 9.89. The van der Waals surface area contributed by atoms with Gasteiger partial charge in [-0.2, -0.15) is 0 Å². The summed E-state index contributed by atoms with van der Waals surface area (Å²) in [4.78, 5) is 20.8. The van der Waals surface area contributed by atoms with Gasteiger partial charge in [-0.15, -0.1) is 11.3 Å². The number of hydrogen-bond donors (Lipinski definition) is 0. The van der Waals surface area contributed by atoms with Gasteiger partial charge in [-0.25, -0.2) is 0 Å². The molecule has 1 fully saturated rings. The first-order valence-corrected chi connectivity index (χ1v) is 11.7. The summed E-state index contributed by atoms with van der Waals surface area (Å²) in [5.41, 5.74) is 5.26. The standard InChI is InChI=1S/C23H27N3O2S/c1-24-19-5-2-4-16-17-12-25(10-7-18(17)26(22(16)19)13-21(24)27)9-3-6-20-23-15(14-29-20)8-11-28-23/h2,4-5,14,17-18H,3,6-13H2,1H3/t17-,18-/m0/s1. The quantitative estimate of drug-likeness (QED) is 0.777. The molecule has 0 N–H and O–H groups in total. The molecule has 2 aromatic rings. The Hall–Kier alpha value is -2.05. The van der Waals surface area contributed by atoms with Crippen LogP contribution in [0.25, 0.3) is 0 Å². The Kier molecular flexibility index (Phi) is 4.13. The topological polar surface area (TPSA) is 36.0 Å². The van der Waals surface area contributed by atoms with E-state index >= 15 is 0 Å². The van der Waals surface area contributed by atoms with E-state index < -0.39 is 0 Å². The van der Waals surface area contributed by atoms with E-state index in [1.54, 1.807) is 0 Å². The molecular formula is C23H27N3O2S. The first-order chi connectivity index (χ1) is 14.2. The van der Waals surface area contributed by atoms with Gasteiger partial charge < -0.3 is 19.4 Å². The van der Waals surface area contributed by atoms with Crippen molar-refractivity contribution in [3.63, 3.8) is 0 Å². The fraction of sp³-hybridized carbons (Fsp3) is 0.522. The molecule has 29 heavy (non-hydrogen) atoms. The van der Waals surface area contributed by atoms with Gasteiger partial charge in [-0.05, 0) is 42.8 Å². The maximum absolute atomic E-state index is 12.5. The number of carbonyl (C=O) groups excluding carboxylic acids is 1. The van der Waals surface area contributed by atoms with Crippen LogP contribution in [0.5, 0.6) is 5.75 Å². The van der Waals surface area contributed by atoms with Crippen molar-refractivity contribution >= 4 is 28.6 Å². The van der Waals surface area contributed by atoms with Crippen LogP contribution in [0.1, 0.15) is 34.8 Å². The average molecular weight is 410 g/mol. The van der Waals surface area contributed by atoms with Crippen LogP contribution in [-0.4, -0.2) is 56.7 Å². The molecule has 4 aliphatic heterocycles. The zero-order chi connectivity index (χ0) is 19.5. The second-order valence-corrected chi connectivity index (χ2v) is 9.74. The van der Waals surface area contributed by atoms with Gasteiger partial charge in [0.2, 0.25) is 5.91 Å². The minimum atomic E-state index is 0.212. The monoisotopic (exact) mass is 409 g/mol. The number of ether oxygens (including phenoxy) is 1. The van der Waals surface area contributed by atoms with Crippen LogP contribution in [-0.2, 0) is 17.6 Å². The van der Waals surface area contributed by atoms with Gasteiger partial charge in [0.25, 0.3) is 0 Å². The van der Waals surface area contributed by atoms with Crippen LogP contribution in [0.4, 0.5) is 11.4 Å². The molecule has 1 saturated heterocycles. The van der Waals surface area contributed by atoms with E-state index in [1.165, 1.54) is 33.9 Å². The van der Waals surface area contributed by atoms with Crippen LogP contribution in [0, 0.1) is 0 Å². The van der Waals surface area contributed by atoms with Crippen LogP contribution in [0.2, 0.25) is 0 Å². The number of aryl methyl sites for hydroxylation is 1. The molecule has 0 saturated carbocycles. The zero-order valence-electron chi connectivity index (χ0n) is 16.9. The van der Waals surface area contributed by atoms with Crippen molar-refractivity contribution < 1.29 is 9.53 Å². The number of likely N-dealkylation sites (tertiary alicyclic amines) is 1. The highest BCUT2D eigenvalue weighted by Gasteiger charge is 2.46. The highest BCUT2D eigenvalue weighted by molar-refractivity contribution is 7.10. The molecule has 6 rings (SSSR count). The molecule has 5 nitrogen and oxygen atoms in total. The molecule has 2 atom stereocenters. The highest BCUT2D eigenvalue weighted by atomic mass is 32.1. The molecule has 1 amide bonds. The first-order valence-electron chi connectivity index (χ1n) is 10.8. The third-order valence-electron chi connectivity index (χ3n) is 7.22. The number of likely N-dealkylation sites (N-methyl/N-ethyl adjacent to an activating group) is 1. The van der Waals surface area contributed by atoms with E-state index in [0.29, 0.717) is 18.5 Å². The Bertz CT molecular complexity index is 971. The summed E-state index contributed by atoms with van der Waals surface area (Å²) in [6.07, 6.45) is 4.53. The lowest BCUT2D eigenvalue weighted by Gasteiger charge is -2.41.